The van der Waals surface area contributed by atoms with Crippen molar-refractivity contribution in [2.24, 2.45) is 0 Å². The SMILES string of the molecule is C=COC(=O)c1c[nH]c(C#N)c1-c1ccc([N+](=O)[O-])c(Cl)c1.[HH]. The largest absolute Gasteiger partial charge is 0.431 e. The van der Waals surface area contributed by atoms with E-state index in [0.717, 1.165) is 6.26 Å². The normalized spacial score (nSPS) is 9.82. The maximum atomic E-state index is 11.9. The summed E-state index contributed by atoms with van der Waals surface area (Å²) >= 11 is 5.86. The molecule has 1 aromatic heterocycles. The van der Waals surface area contributed by atoms with Gasteiger partial charge in [0.25, 0.3) is 5.69 Å². The minimum atomic E-state index is -0.711. The van der Waals surface area contributed by atoms with E-state index in [-0.39, 0.29) is 29.0 Å². The van der Waals surface area contributed by atoms with Crippen LogP contribution in [0.4, 0.5) is 5.69 Å². The van der Waals surface area contributed by atoms with E-state index in [1.54, 1.807) is 0 Å². The predicted octanol–water partition coefficient (Wildman–Crippen LogP) is 3.66. The number of rotatable bonds is 4. The van der Waals surface area contributed by atoms with Crippen LogP contribution in [-0.2, 0) is 4.74 Å². The number of ether oxygens (including phenoxy) is 1. The summed E-state index contributed by atoms with van der Waals surface area (Å²) in [6, 6.07) is 5.82. The third kappa shape index (κ3) is 2.68. The number of hydrogen-bond acceptors (Lipinski definition) is 5. The highest BCUT2D eigenvalue weighted by molar-refractivity contribution is 6.33. The molecule has 0 saturated heterocycles. The molecule has 1 N–H and O–H groups in total. The molecule has 112 valence electrons. The lowest BCUT2D eigenvalue weighted by Crippen LogP contribution is -2.01. The number of aromatic amines is 1. The van der Waals surface area contributed by atoms with Gasteiger partial charge in [-0.3, -0.25) is 10.1 Å². The van der Waals surface area contributed by atoms with Gasteiger partial charge in [-0.2, -0.15) is 5.26 Å². The van der Waals surface area contributed by atoms with Crippen molar-refractivity contribution in [3.05, 3.63) is 63.6 Å². The number of esters is 1. The first-order chi connectivity index (χ1) is 10.5. The summed E-state index contributed by atoms with van der Waals surface area (Å²) in [6.45, 7) is 3.29. The van der Waals surface area contributed by atoms with E-state index in [9.17, 15) is 14.9 Å². The van der Waals surface area contributed by atoms with E-state index in [2.05, 4.69) is 11.6 Å². The highest BCUT2D eigenvalue weighted by atomic mass is 35.5. The molecule has 0 bridgehead atoms. The van der Waals surface area contributed by atoms with Gasteiger partial charge in [0.1, 0.15) is 16.8 Å². The topological polar surface area (TPSA) is 109 Å². The van der Waals surface area contributed by atoms with Crippen LogP contribution >= 0.6 is 11.6 Å². The van der Waals surface area contributed by atoms with E-state index < -0.39 is 10.9 Å². The van der Waals surface area contributed by atoms with Crippen molar-refractivity contribution < 1.29 is 15.9 Å². The number of aromatic nitrogens is 1. The lowest BCUT2D eigenvalue weighted by atomic mass is 10.0. The fraction of sp³-hybridized carbons (Fsp3) is 0. The van der Waals surface area contributed by atoms with Crippen molar-refractivity contribution >= 4 is 23.3 Å². The van der Waals surface area contributed by atoms with Gasteiger partial charge in [-0.1, -0.05) is 18.2 Å². The van der Waals surface area contributed by atoms with Gasteiger partial charge in [-0.15, -0.1) is 0 Å². The van der Waals surface area contributed by atoms with Gasteiger partial charge in [0.15, 0.2) is 0 Å². The zero-order chi connectivity index (χ0) is 16.3. The highest BCUT2D eigenvalue weighted by Gasteiger charge is 2.22. The maximum Gasteiger partial charge on any atom is 0.345 e. The standard InChI is InChI=1S/C14H8ClN3O4.H2/c1-2-22-14(19)9-7-17-11(6-16)13(9)8-3-4-12(18(20)21)10(15)5-8;/h2-5,7,17H,1H2;1H. The van der Waals surface area contributed by atoms with E-state index in [4.69, 9.17) is 21.6 Å². The molecule has 22 heavy (non-hydrogen) atoms. The number of nitrogens with one attached hydrogen (secondary N) is 1. The van der Waals surface area contributed by atoms with Crippen molar-refractivity contribution in [3.8, 4) is 17.2 Å². The van der Waals surface area contributed by atoms with Crippen LogP contribution in [0.2, 0.25) is 5.02 Å². The number of nitrogens with zero attached hydrogens (tertiary/aromatic N) is 2. The molecular formula is C14H10ClN3O4. The van der Waals surface area contributed by atoms with Crippen molar-refractivity contribution in [3.63, 3.8) is 0 Å². The Morgan fingerprint density at radius 2 is 2.32 bits per heavy atom. The van der Waals surface area contributed by atoms with Crippen LogP contribution in [0.25, 0.3) is 11.1 Å². The number of benzene rings is 1. The predicted molar refractivity (Wildman–Crippen MR) is 80.3 cm³/mol. The number of carbonyl (C=O) groups is 1. The van der Waals surface area contributed by atoms with Crippen LogP contribution in [-0.4, -0.2) is 15.9 Å². The molecule has 0 aliphatic carbocycles. The van der Waals surface area contributed by atoms with Crippen LogP contribution in [0.15, 0.2) is 37.2 Å². The van der Waals surface area contributed by atoms with Crippen molar-refractivity contribution in [2.45, 2.75) is 0 Å². The van der Waals surface area contributed by atoms with Crippen LogP contribution in [0.1, 0.15) is 17.5 Å². The zero-order valence-corrected chi connectivity index (χ0v) is 11.8. The van der Waals surface area contributed by atoms with E-state index >= 15 is 0 Å². The van der Waals surface area contributed by atoms with Gasteiger partial charge >= 0.3 is 5.97 Å². The summed E-state index contributed by atoms with van der Waals surface area (Å²) in [5, 5.41) is 19.8. The van der Waals surface area contributed by atoms with E-state index in [0.29, 0.717) is 5.56 Å². The van der Waals surface area contributed by atoms with Crippen molar-refractivity contribution in [1.29, 1.82) is 5.26 Å². The Hall–Kier alpha value is -3.11. The van der Waals surface area contributed by atoms with Crippen molar-refractivity contribution in [1.82, 2.24) is 4.98 Å². The van der Waals surface area contributed by atoms with Gasteiger partial charge in [0.2, 0.25) is 0 Å². The second-order valence-electron chi connectivity index (χ2n) is 4.06. The molecular weight excluding hydrogens is 310 g/mol. The average Bonchev–Trinajstić information content (AvgIpc) is 2.90. The quantitative estimate of drug-likeness (QED) is 0.400. The molecule has 2 rings (SSSR count). The lowest BCUT2D eigenvalue weighted by molar-refractivity contribution is -0.384. The summed E-state index contributed by atoms with van der Waals surface area (Å²) in [4.78, 5) is 24.7. The monoisotopic (exact) mass is 319 g/mol. The fourth-order valence-corrected chi connectivity index (χ4v) is 2.17. The number of nitro benzene ring substituents is 1. The molecule has 1 aromatic carbocycles. The fourth-order valence-electron chi connectivity index (χ4n) is 1.92. The summed E-state index contributed by atoms with van der Waals surface area (Å²) in [6.07, 6.45) is 2.28. The first-order valence-corrected chi connectivity index (χ1v) is 6.25. The zero-order valence-electron chi connectivity index (χ0n) is 11.0. The molecule has 8 heteroatoms. The number of halogens is 1. The summed E-state index contributed by atoms with van der Waals surface area (Å²) in [7, 11) is 0. The van der Waals surface area contributed by atoms with Gasteiger partial charge in [-0.25, -0.2) is 4.79 Å². The van der Waals surface area contributed by atoms with Gasteiger partial charge in [-0.05, 0) is 17.7 Å². The minimum absolute atomic E-state index is 0. The Kier molecular flexibility index (Phi) is 4.25. The summed E-state index contributed by atoms with van der Waals surface area (Å²) < 4.78 is 4.69. The molecule has 0 aliphatic rings. The number of nitro groups is 1. The molecule has 0 fully saturated rings. The highest BCUT2D eigenvalue weighted by Crippen LogP contribution is 2.33. The molecule has 1 heterocycles. The number of H-pyrrole nitrogens is 1. The van der Waals surface area contributed by atoms with Gasteiger partial charge in [0, 0.05) is 19.3 Å². The Labute approximate surface area is 131 Å². The maximum absolute atomic E-state index is 11.9. The first kappa shape index (κ1) is 15.3. The third-order valence-electron chi connectivity index (χ3n) is 2.84. The average molecular weight is 320 g/mol. The molecule has 0 unspecified atom stereocenters. The van der Waals surface area contributed by atoms with E-state index in [1.165, 1.54) is 24.4 Å². The van der Waals surface area contributed by atoms with Crippen LogP contribution in [0, 0.1) is 21.4 Å². The molecule has 0 atom stereocenters. The van der Waals surface area contributed by atoms with Crippen LogP contribution in [0.3, 0.4) is 0 Å². The second-order valence-corrected chi connectivity index (χ2v) is 4.47. The molecule has 0 amide bonds. The molecule has 0 spiro atoms. The van der Waals surface area contributed by atoms with Gasteiger partial charge in [0.05, 0.1) is 16.7 Å². The number of carbonyl (C=O) groups excluding carboxylic acids is 1. The molecule has 0 saturated carbocycles. The van der Waals surface area contributed by atoms with E-state index in [1.807, 2.05) is 6.07 Å². The first-order valence-electron chi connectivity index (χ1n) is 5.87. The summed E-state index contributed by atoms with van der Waals surface area (Å²) in [5.41, 5.74) is 0.576. The van der Waals surface area contributed by atoms with Crippen LogP contribution < -0.4 is 0 Å². The Morgan fingerprint density at radius 3 is 2.86 bits per heavy atom. The number of nitriles is 1. The second kappa shape index (κ2) is 6.11. The summed E-state index contributed by atoms with van der Waals surface area (Å²) in [5.74, 6) is -0.711. The molecule has 0 radical (unpaired) electrons. The Bertz CT molecular complexity index is 826. The lowest BCUT2D eigenvalue weighted by Gasteiger charge is -2.05. The van der Waals surface area contributed by atoms with Gasteiger partial charge < -0.3 is 9.72 Å². The molecule has 0 aliphatic heterocycles. The Morgan fingerprint density at radius 1 is 1.59 bits per heavy atom. The molecule has 7 nitrogen and oxygen atoms in total. The van der Waals surface area contributed by atoms with Crippen molar-refractivity contribution in [2.75, 3.05) is 0 Å². The minimum Gasteiger partial charge on any atom is -0.431 e. The number of hydrogen-bond donors (Lipinski definition) is 1. The Balaban J connectivity index is 0.00000264. The third-order valence-corrected chi connectivity index (χ3v) is 3.14. The molecule has 2 aromatic rings. The smallest absolute Gasteiger partial charge is 0.345 e. The van der Waals surface area contributed by atoms with Crippen LogP contribution in [0.5, 0.6) is 0 Å².